The molecule has 3 heteroatoms. The van der Waals surface area contributed by atoms with E-state index in [1.807, 2.05) is 24.3 Å². The molecule has 0 saturated carbocycles. The normalized spacial score (nSPS) is 23.8. The third-order valence-electron chi connectivity index (χ3n) is 5.02. The Balaban J connectivity index is 1.67. The Hall–Kier alpha value is -1.68. The molecule has 0 aromatic heterocycles. The van der Waals surface area contributed by atoms with Crippen LogP contribution in [0.1, 0.15) is 37.3 Å². The molecule has 25 heavy (non-hydrogen) atoms. The number of likely N-dealkylation sites (tertiary alicyclic amines) is 1. The van der Waals surface area contributed by atoms with E-state index in [9.17, 15) is 5.11 Å². The van der Waals surface area contributed by atoms with E-state index >= 15 is 0 Å². The van der Waals surface area contributed by atoms with Crippen molar-refractivity contribution in [2.45, 2.75) is 57.6 Å². The maximum Gasteiger partial charge on any atom is 0.101 e. The Morgan fingerprint density at radius 2 is 1.64 bits per heavy atom. The van der Waals surface area contributed by atoms with Crippen molar-refractivity contribution in [3.8, 4) is 0 Å². The average molecular weight is 339 g/mol. The van der Waals surface area contributed by atoms with Crippen molar-refractivity contribution >= 4 is 0 Å². The number of hydrogen-bond acceptors (Lipinski definition) is 3. The van der Waals surface area contributed by atoms with Gasteiger partial charge in [-0.15, -0.1) is 0 Å². The summed E-state index contributed by atoms with van der Waals surface area (Å²) in [6.07, 6.45) is 2.86. The van der Waals surface area contributed by atoms with Gasteiger partial charge in [0.25, 0.3) is 0 Å². The van der Waals surface area contributed by atoms with E-state index in [0.29, 0.717) is 13.2 Å². The second-order valence-electron chi connectivity index (χ2n) is 6.95. The van der Waals surface area contributed by atoms with Gasteiger partial charge in [0.1, 0.15) is 6.10 Å². The summed E-state index contributed by atoms with van der Waals surface area (Å²) in [4.78, 5) is 2.39. The molecule has 3 nitrogen and oxygen atoms in total. The first-order chi connectivity index (χ1) is 12.3. The number of unbranched alkanes of at least 4 members (excludes halogenated alkanes) is 1. The molecule has 134 valence electrons. The summed E-state index contributed by atoms with van der Waals surface area (Å²) in [6.45, 7) is 4.33. The first-order valence-electron chi connectivity index (χ1n) is 9.39. The van der Waals surface area contributed by atoms with Crippen LogP contribution in [-0.4, -0.2) is 34.8 Å². The average Bonchev–Trinajstić information content (AvgIpc) is 2.94. The molecular formula is C22H29NO2. The number of aliphatic hydroxyl groups is 1. The highest BCUT2D eigenvalue weighted by Crippen LogP contribution is 2.28. The minimum atomic E-state index is -0.422. The topological polar surface area (TPSA) is 32.7 Å². The molecule has 1 fully saturated rings. The van der Waals surface area contributed by atoms with Crippen molar-refractivity contribution in [3.63, 3.8) is 0 Å². The molecule has 1 aliphatic rings. The summed E-state index contributed by atoms with van der Waals surface area (Å²) in [5, 5.41) is 10.6. The molecule has 0 radical (unpaired) electrons. The number of benzene rings is 2. The number of rotatable bonds is 8. The lowest BCUT2D eigenvalue weighted by molar-refractivity contribution is -0.0382. The summed E-state index contributed by atoms with van der Waals surface area (Å²) >= 11 is 0. The van der Waals surface area contributed by atoms with Crippen LogP contribution in [0.15, 0.2) is 60.7 Å². The fourth-order valence-electron chi connectivity index (χ4n) is 3.69. The Bertz CT molecular complexity index is 616. The number of ether oxygens (including phenoxy) is 1. The van der Waals surface area contributed by atoms with Gasteiger partial charge in [0, 0.05) is 19.1 Å². The molecule has 0 spiro atoms. The van der Waals surface area contributed by atoms with Crippen LogP contribution in [0, 0.1) is 0 Å². The molecule has 1 saturated heterocycles. The molecule has 3 atom stereocenters. The Labute approximate surface area is 151 Å². The van der Waals surface area contributed by atoms with Crippen molar-refractivity contribution in [3.05, 3.63) is 71.8 Å². The molecule has 0 bridgehead atoms. The molecule has 2 aromatic carbocycles. The van der Waals surface area contributed by atoms with E-state index < -0.39 is 6.10 Å². The van der Waals surface area contributed by atoms with Crippen LogP contribution in [0.4, 0.5) is 0 Å². The first-order valence-corrected chi connectivity index (χ1v) is 9.39. The quantitative estimate of drug-likeness (QED) is 0.789. The maximum atomic E-state index is 10.6. The molecule has 0 aliphatic carbocycles. The number of nitrogens with zero attached hydrogens (tertiary/aromatic N) is 1. The van der Waals surface area contributed by atoms with Gasteiger partial charge < -0.3 is 9.84 Å². The van der Waals surface area contributed by atoms with Gasteiger partial charge >= 0.3 is 0 Å². The van der Waals surface area contributed by atoms with Crippen LogP contribution < -0.4 is 0 Å². The fraction of sp³-hybridized carbons (Fsp3) is 0.455. The highest BCUT2D eigenvalue weighted by atomic mass is 16.5. The van der Waals surface area contributed by atoms with Crippen molar-refractivity contribution in [2.24, 2.45) is 0 Å². The lowest BCUT2D eigenvalue weighted by Gasteiger charge is -2.28. The SMILES string of the molecule is CCCC[C@@H]1[C@H](OCc2ccccc2)[C@@H](O)CN1Cc1ccccc1. The molecule has 2 aromatic rings. The Kier molecular flexibility index (Phi) is 6.62. The maximum absolute atomic E-state index is 10.6. The standard InChI is InChI=1S/C22H29NO2/c1-2-3-14-20-22(25-17-19-12-8-5-9-13-19)21(24)16-23(20)15-18-10-6-4-7-11-18/h4-13,20-22,24H,2-3,14-17H2,1H3/t20-,21+,22+/m1/s1. The molecule has 1 heterocycles. The fourth-order valence-corrected chi connectivity index (χ4v) is 3.69. The smallest absolute Gasteiger partial charge is 0.101 e. The summed E-state index contributed by atoms with van der Waals surface area (Å²) in [6, 6.07) is 21.0. The predicted molar refractivity (Wildman–Crippen MR) is 101 cm³/mol. The summed E-state index contributed by atoms with van der Waals surface area (Å²) in [5.74, 6) is 0. The van der Waals surface area contributed by atoms with Crippen LogP contribution >= 0.6 is 0 Å². The highest BCUT2D eigenvalue weighted by Gasteiger charge is 2.41. The minimum absolute atomic E-state index is 0.115. The van der Waals surface area contributed by atoms with Gasteiger partial charge in [-0.3, -0.25) is 4.90 Å². The van der Waals surface area contributed by atoms with Crippen LogP contribution in [0.3, 0.4) is 0 Å². The largest absolute Gasteiger partial charge is 0.389 e. The van der Waals surface area contributed by atoms with E-state index in [-0.39, 0.29) is 12.1 Å². The molecular weight excluding hydrogens is 310 g/mol. The van der Waals surface area contributed by atoms with Crippen LogP contribution in [-0.2, 0) is 17.9 Å². The van der Waals surface area contributed by atoms with Crippen LogP contribution in [0.2, 0.25) is 0 Å². The number of β-amino-alcohol motifs (C(OH)–C–C–N with tert-alkyl or cyclic N) is 1. The molecule has 0 amide bonds. The Morgan fingerprint density at radius 3 is 2.28 bits per heavy atom. The van der Waals surface area contributed by atoms with E-state index in [1.54, 1.807) is 0 Å². The van der Waals surface area contributed by atoms with Crippen molar-refractivity contribution in [1.82, 2.24) is 4.90 Å². The third-order valence-corrected chi connectivity index (χ3v) is 5.02. The van der Waals surface area contributed by atoms with Crippen molar-refractivity contribution < 1.29 is 9.84 Å². The second-order valence-corrected chi connectivity index (χ2v) is 6.95. The molecule has 0 unspecified atom stereocenters. The van der Waals surface area contributed by atoms with Gasteiger partial charge in [-0.1, -0.05) is 80.4 Å². The highest BCUT2D eigenvalue weighted by molar-refractivity contribution is 5.16. The molecule has 3 rings (SSSR count). The van der Waals surface area contributed by atoms with Gasteiger partial charge in [0.05, 0.1) is 12.7 Å². The van der Waals surface area contributed by atoms with E-state index in [2.05, 4.69) is 48.2 Å². The van der Waals surface area contributed by atoms with Gasteiger partial charge in [-0.25, -0.2) is 0 Å². The minimum Gasteiger partial charge on any atom is -0.389 e. The second kappa shape index (κ2) is 9.14. The van der Waals surface area contributed by atoms with Gasteiger partial charge in [0.15, 0.2) is 0 Å². The lowest BCUT2D eigenvalue weighted by atomic mass is 10.0. The van der Waals surface area contributed by atoms with Crippen molar-refractivity contribution in [2.75, 3.05) is 6.54 Å². The zero-order chi connectivity index (χ0) is 17.5. The molecule has 1 aliphatic heterocycles. The zero-order valence-corrected chi connectivity index (χ0v) is 15.1. The van der Waals surface area contributed by atoms with E-state index in [4.69, 9.17) is 4.74 Å². The van der Waals surface area contributed by atoms with Crippen molar-refractivity contribution in [1.29, 1.82) is 0 Å². The summed E-state index contributed by atoms with van der Waals surface area (Å²) in [5.41, 5.74) is 2.45. The van der Waals surface area contributed by atoms with Crippen LogP contribution in [0.25, 0.3) is 0 Å². The Morgan fingerprint density at radius 1 is 1.00 bits per heavy atom. The van der Waals surface area contributed by atoms with Gasteiger partial charge in [-0.2, -0.15) is 0 Å². The van der Waals surface area contributed by atoms with E-state index in [0.717, 1.165) is 31.4 Å². The summed E-state index contributed by atoms with van der Waals surface area (Å²) < 4.78 is 6.19. The number of hydrogen-bond donors (Lipinski definition) is 1. The van der Waals surface area contributed by atoms with Gasteiger partial charge in [0.2, 0.25) is 0 Å². The predicted octanol–water partition coefficient (Wildman–Crippen LogP) is 4.01. The first kappa shape index (κ1) is 18.1. The van der Waals surface area contributed by atoms with Gasteiger partial charge in [-0.05, 0) is 17.5 Å². The molecule has 1 N–H and O–H groups in total. The monoisotopic (exact) mass is 339 g/mol. The summed E-state index contributed by atoms with van der Waals surface area (Å²) in [7, 11) is 0. The van der Waals surface area contributed by atoms with Crippen LogP contribution in [0.5, 0.6) is 0 Å². The third kappa shape index (κ3) is 4.91. The van der Waals surface area contributed by atoms with E-state index in [1.165, 1.54) is 5.56 Å². The zero-order valence-electron chi connectivity index (χ0n) is 15.1. The lowest BCUT2D eigenvalue weighted by Crippen LogP contribution is -2.37. The number of aliphatic hydroxyl groups excluding tert-OH is 1.